The summed E-state index contributed by atoms with van der Waals surface area (Å²) in [6, 6.07) is 15.7. The van der Waals surface area contributed by atoms with Crippen molar-refractivity contribution in [3.63, 3.8) is 0 Å². The van der Waals surface area contributed by atoms with Gasteiger partial charge in [0.1, 0.15) is 5.75 Å². The normalized spacial score (nSPS) is 11.1. The lowest BCUT2D eigenvalue weighted by molar-refractivity contribution is 0.244. The quantitative estimate of drug-likeness (QED) is 0.593. The lowest BCUT2D eigenvalue weighted by Gasteiger charge is -2.17. The third kappa shape index (κ3) is 4.72. The van der Waals surface area contributed by atoms with E-state index in [1.807, 2.05) is 55.1 Å². The third-order valence-corrected chi connectivity index (χ3v) is 4.43. The van der Waals surface area contributed by atoms with Crippen molar-refractivity contribution in [2.24, 2.45) is 0 Å². The van der Waals surface area contributed by atoms with Crippen LogP contribution in [0.1, 0.15) is 12.5 Å². The van der Waals surface area contributed by atoms with Crippen molar-refractivity contribution in [1.82, 2.24) is 19.7 Å². The molecule has 0 atom stereocenters. The third-order valence-electron chi connectivity index (χ3n) is 3.87. The van der Waals surface area contributed by atoms with Gasteiger partial charge in [-0.3, -0.25) is 10.00 Å². The van der Waals surface area contributed by atoms with Gasteiger partial charge in [-0.2, -0.15) is 4.98 Å². The number of aromatic nitrogens is 3. The molecule has 0 spiro atoms. The van der Waals surface area contributed by atoms with Crippen LogP contribution >= 0.6 is 23.8 Å². The molecule has 0 fully saturated rings. The molecule has 0 amide bonds. The van der Waals surface area contributed by atoms with Crippen molar-refractivity contribution in [2.75, 3.05) is 13.7 Å². The molecule has 5 nitrogen and oxygen atoms in total. The summed E-state index contributed by atoms with van der Waals surface area (Å²) in [6.45, 7) is 4.07. The van der Waals surface area contributed by atoms with Crippen molar-refractivity contribution in [1.29, 1.82) is 0 Å². The number of hydrogen-bond donors (Lipinski definition) is 1. The maximum Gasteiger partial charge on any atom is 0.217 e. The summed E-state index contributed by atoms with van der Waals surface area (Å²) >= 11 is 11.3. The number of H-pyrrole nitrogens is 1. The molecule has 0 aliphatic heterocycles. The largest absolute Gasteiger partial charge is 0.494 e. The molecule has 1 N–H and O–H groups in total. The number of halogens is 1. The van der Waals surface area contributed by atoms with Gasteiger partial charge in [0.05, 0.1) is 13.3 Å². The summed E-state index contributed by atoms with van der Waals surface area (Å²) in [6.07, 6.45) is 0. The summed E-state index contributed by atoms with van der Waals surface area (Å²) in [5.74, 6) is 1.63. The van der Waals surface area contributed by atoms with Crippen molar-refractivity contribution < 1.29 is 4.74 Å². The minimum Gasteiger partial charge on any atom is -0.494 e. The average molecular weight is 389 g/mol. The molecule has 3 aromatic rings. The smallest absolute Gasteiger partial charge is 0.217 e. The molecule has 0 radical (unpaired) electrons. The lowest BCUT2D eigenvalue weighted by Crippen LogP contribution is -2.22. The van der Waals surface area contributed by atoms with E-state index in [0.29, 0.717) is 23.1 Å². The average Bonchev–Trinajstić information content (AvgIpc) is 2.98. The van der Waals surface area contributed by atoms with Crippen LogP contribution in [-0.2, 0) is 13.2 Å². The molecular formula is C19H21ClN4OS. The van der Waals surface area contributed by atoms with Crippen molar-refractivity contribution in [2.45, 2.75) is 20.1 Å². The summed E-state index contributed by atoms with van der Waals surface area (Å²) in [5, 5.41) is 3.95. The molecule has 0 saturated heterocycles. The van der Waals surface area contributed by atoms with Crippen molar-refractivity contribution >= 4 is 23.8 Å². The summed E-state index contributed by atoms with van der Waals surface area (Å²) in [7, 11) is 2.04. The van der Waals surface area contributed by atoms with Crippen LogP contribution < -0.4 is 4.74 Å². The summed E-state index contributed by atoms with van der Waals surface area (Å²) in [4.78, 5) is 6.60. The van der Waals surface area contributed by atoms with E-state index in [2.05, 4.69) is 27.1 Å². The molecule has 136 valence electrons. The van der Waals surface area contributed by atoms with Crippen LogP contribution in [0.2, 0.25) is 5.02 Å². The number of aromatic amines is 1. The SMILES string of the molecule is CCOc1ccc(CN(C)Cn2[nH]c(-c3ccc(Cl)cc3)nc2=S)cc1. The van der Waals surface area contributed by atoms with E-state index in [1.54, 1.807) is 0 Å². The van der Waals surface area contributed by atoms with Crippen LogP contribution in [0.5, 0.6) is 5.75 Å². The Morgan fingerprint density at radius 1 is 1.15 bits per heavy atom. The second-order valence-corrected chi connectivity index (χ2v) is 6.82. The fourth-order valence-corrected chi connectivity index (χ4v) is 2.97. The Bertz CT molecular complexity index is 903. The predicted molar refractivity (Wildman–Crippen MR) is 107 cm³/mol. The maximum absolute atomic E-state index is 5.94. The highest BCUT2D eigenvalue weighted by Crippen LogP contribution is 2.18. The van der Waals surface area contributed by atoms with Crippen LogP contribution in [0.3, 0.4) is 0 Å². The minimum atomic E-state index is 0.522. The van der Waals surface area contributed by atoms with Crippen LogP contribution in [0.15, 0.2) is 48.5 Å². The molecule has 1 heterocycles. The number of nitrogens with one attached hydrogen (secondary N) is 1. The molecule has 0 unspecified atom stereocenters. The standard InChI is InChI=1S/C19H21ClN4OS/c1-3-25-17-10-4-14(5-11-17)12-23(2)13-24-19(26)21-18(22-24)15-6-8-16(20)9-7-15/h4-11H,3,12-13H2,1-2H3,(H,21,22,26). The van der Waals surface area contributed by atoms with Gasteiger partial charge in [-0.15, -0.1) is 0 Å². The van der Waals surface area contributed by atoms with E-state index >= 15 is 0 Å². The zero-order valence-electron chi connectivity index (χ0n) is 14.8. The fourth-order valence-electron chi connectivity index (χ4n) is 2.65. The minimum absolute atomic E-state index is 0.522. The van der Waals surface area contributed by atoms with Gasteiger partial charge in [0.25, 0.3) is 0 Å². The van der Waals surface area contributed by atoms with Crippen LogP contribution in [-0.4, -0.2) is 33.3 Å². The topological polar surface area (TPSA) is 46.1 Å². The van der Waals surface area contributed by atoms with Crippen molar-refractivity contribution in [3.8, 4) is 17.1 Å². The van der Waals surface area contributed by atoms with Gasteiger partial charge in [0, 0.05) is 17.1 Å². The van der Waals surface area contributed by atoms with Gasteiger partial charge >= 0.3 is 0 Å². The first kappa shape index (κ1) is 18.6. The van der Waals surface area contributed by atoms with Crippen molar-refractivity contribution in [3.05, 3.63) is 63.9 Å². The Morgan fingerprint density at radius 2 is 1.85 bits per heavy atom. The predicted octanol–water partition coefficient (Wildman–Crippen LogP) is 4.75. The Kier molecular flexibility index (Phi) is 6.08. The molecule has 26 heavy (non-hydrogen) atoms. The van der Waals surface area contributed by atoms with Gasteiger partial charge in [-0.25, -0.2) is 4.68 Å². The van der Waals surface area contributed by atoms with Gasteiger partial charge < -0.3 is 4.74 Å². The van der Waals surface area contributed by atoms with Gasteiger partial charge in [0.15, 0.2) is 5.82 Å². The molecular weight excluding hydrogens is 368 g/mol. The van der Waals surface area contributed by atoms with Crippen LogP contribution in [0, 0.1) is 4.77 Å². The highest BCUT2D eigenvalue weighted by atomic mass is 35.5. The molecule has 0 aliphatic carbocycles. The van der Waals surface area contributed by atoms with Gasteiger partial charge in [-0.05, 0) is 68.2 Å². The highest BCUT2D eigenvalue weighted by Gasteiger charge is 2.08. The lowest BCUT2D eigenvalue weighted by atomic mass is 10.2. The Balaban J connectivity index is 1.66. The van der Waals surface area contributed by atoms with E-state index in [9.17, 15) is 0 Å². The van der Waals surface area contributed by atoms with Crippen LogP contribution in [0.4, 0.5) is 0 Å². The zero-order valence-corrected chi connectivity index (χ0v) is 16.3. The number of rotatable bonds is 7. The molecule has 3 rings (SSSR count). The van der Waals surface area contributed by atoms with E-state index < -0.39 is 0 Å². The van der Waals surface area contributed by atoms with E-state index in [-0.39, 0.29) is 0 Å². The van der Waals surface area contributed by atoms with E-state index in [1.165, 1.54) is 5.56 Å². The first-order chi connectivity index (χ1) is 12.5. The first-order valence-electron chi connectivity index (χ1n) is 8.38. The van der Waals surface area contributed by atoms with Crippen LogP contribution in [0.25, 0.3) is 11.4 Å². The Morgan fingerprint density at radius 3 is 2.50 bits per heavy atom. The molecule has 2 aromatic carbocycles. The summed E-state index contributed by atoms with van der Waals surface area (Å²) in [5.41, 5.74) is 2.16. The molecule has 0 aliphatic rings. The molecule has 1 aromatic heterocycles. The number of hydrogen-bond acceptors (Lipinski definition) is 4. The maximum atomic E-state index is 5.94. The fraction of sp³-hybridized carbons (Fsp3) is 0.263. The number of ether oxygens (including phenoxy) is 1. The number of nitrogens with zero attached hydrogens (tertiary/aromatic N) is 3. The molecule has 7 heteroatoms. The first-order valence-corrected chi connectivity index (χ1v) is 9.17. The molecule has 0 bridgehead atoms. The zero-order chi connectivity index (χ0) is 18.5. The van der Waals surface area contributed by atoms with Gasteiger partial charge in [0.2, 0.25) is 4.77 Å². The van der Waals surface area contributed by atoms with E-state index in [4.69, 9.17) is 28.6 Å². The second-order valence-electron chi connectivity index (χ2n) is 6.02. The monoisotopic (exact) mass is 388 g/mol. The highest BCUT2D eigenvalue weighted by molar-refractivity contribution is 7.71. The second kappa shape index (κ2) is 8.49. The summed E-state index contributed by atoms with van der Waals surface area (Å²) < 4.78 is 7.85. The Hall–Kier alpha value is -2.15. The number of benzene rings is 2. The molecule has 0 saturated carbocycles. The van der Waals surface area contributed by atoms with E-state index in [0.717, 1.165) is 23.7 Å². The van der Waals surface area contributed by atoms with Gasteiger partial charge in [-0.1, -0.05) is 23.7 Å². The Labute approximate surface area is 163 Å².